The van der Waals surface area contributed by atoms with Crippen molar-refractivity contribution in [3.05, 3.63) is 10.4 Å². The first-order valence-corrected chi connectivity index (χ1v) is 2.75. The molecule has 0 spiro atoms. The Hall–Kier alpha value is 0.340. The maximum atomic E-state index is 5.43. The summed E-state index contributed by atoms with van der Waals surface area (Å²) >= 11 is 6.85. The third-order valence-corrected chi connectivity index (χ3v) is 1.44. The van der Waals surface area contributed by atoms with Crippen LogP contribution in [0.15, 0.2) is 5.03 Å². The van der Waals surface area contributed by atoms with Crippen LogP contribution in [-0.4, -0.2) is 6.54 Å². The number of hydrogen-bond acceptors (Lipinski definition) is 2. The molecule has 0 aromatic rings. The summed E-state index contributed by atoms with van der Waals surface area (Å²) < 4.78 is 2.91. The van der Waals surface area contributed by atoms with Crippen molar-refractivity contribution < 1.29 is 0 Å². The lowest BCUT2D eigenvalue weighted by molar-refractivity contribution is 1.14. The van der Waals surface area contributed by atoms with E-state index in [2.05, 4.69) is 10.1 Å². The van der Waals surface area contributed by atoms with Gasteiger partial charge < -0.3 is 0 Å². The zero-order valence-electron chi connectivity index (χ0n) is 2.99. The molecule has 0 amide bonds. The van der Waals surface area contributed by atoms with Gasteiger partial charge >= 0.3 is 0 Å². The van der Waals surface area contributed by atoms with Crippen molar-refractivity contribution in [2.24, 2.45) is 0 Å². The molecule has 0 aromatic heterocycles. The average Bonchev–Trinajstić information content (AvgIpc) is 1.86. The molecule has 1 aliphatic rings. The zero-order chi connectivity index (χ0) is 4.41. The molecule has 1 heterocycles. The van der Waals surface area contributed by atoms with Crippen LogP contribution in [0.5, 0.6) is 0 Å². The van der Waals surface area contributed by atoms with Crippen molar-refractivity contribution in [3.63, 3.8) is 0 Å². The van der Waals surface area contributed by atoms with Gasteiger partial charge in [0.2, 0.25) is 0 Å². The number of halogens is 1. The molecule has 1 aliphatic heterocycles. The summed E-state index contributed by atoms with van der Waals surface area (Å²) in [5, 5.41) is 3.58. The molecular weight excluding hydrogens is 118 g/mol. The van der Waals surface area contributed by atoms with Gasteiger partial charge in [-0.2, -0.15) is 0 Å². The molecule has 0 saturated carbocycles. The van der Waals surface area contributed by atoms with Crippen LogP contribution in [-0.2, 0) is 0 Å². The molecule has 6 heavy (non-hydrogen) atoms. The third kappa shape index (κ3) is 0.899. The summed E-state index contributed by atoms with van der Waals surface area (Å²) in [7, 11) is 0. The molecule has 1 radical (unpaired) electrons. The Morgan fingerprint density at radius 3 is 3.00 bits per heavy atom. The van der Waals surface area contributed by atoms with E-state index in [0.29, 0.717) is 0 Å². The van der Waals surface area contributed by atoms with Crippen LogP contribution in [0.2, 0.25) is 0 Å². The van der Waals surface area contributed by atoms with Crippen LogP contribution in [0, 0.1) is 5.41 Å². The molecule has 0 aliphatic carbocycles. The van der Waals surface area contributed by atoms with Gasteiger partial charge in [-0.15, -0.1) is 0 Å². The van der Waals surface area contributed by atoms with Crippen LogP contribution in [0.3, 0.4) is 0 Å². The highest BCUT2D eigenvalue weighted by molar-refractivity contribution is 7.99. The molecule has 3 heteroatoms. The minimum atomic E-state index is 0.770. The van der Waals surface area contributed by atoms with Crippen molar-refractivity contribution >= 4 is 23.5 Å². The van der Waals surface area contributed by atoms with Crippen LogP contribution in [0.1, 0.15) is 0 Å². The van der Waals surface area contributed by atoms with Crippen molar-refractivity contribution in [2.75, 3.05) is 6.54 Å². The highest BCUT2D eigenvalue weighted by Crippen LogP contribution is 2.12. The van der Waals surface area contributed by atoms with Gasteiger partial charge in [-0.3, -0.25) is 4.72 Å². The second-order valence-corrected chi connectivity index (χ2v) is 2.08. The molecular formula is C3H3ClNS. The highest BCUT2D eigenvalue weighted by Gasteiger charge is 1.97. The molecule has 0 bridgehead atoms. The Bertz CT molecular complexity index is 80.9. The van der Waals surface area contributed by atoms with Crippen molar-refractivity contribution in [1.82, 2.24) is 4.72 Å². The Morgan fingerprint density at radius 1 is 2.00 bits per heavy atom. The van der Waals surface area contributed by atoms with E-state index >= 15 is 0 Å². The predicted molar refractivity (Wildman–Crippen MR) is 28.2 cm³/mol. The fourth-order valence-corrected chi connectivity index (χ4v) is 0.960. The number of hydrogen-bond donors (Lipinski definition) is 1. The second kappa shape index (κ2) is 1.87. The maximum Gasteiger partial charge on any atom is 0.0548 e. The van der Waals surface area contributed by atoms with Gasteiger partial charge in [0, 0.05) is 11.6 Å². The van der Waals surface area contributed by atoms with Gasteiger partial charge in [-0.25, -0.2) is 0 Å². The summed E-state index contributed by atoms with van der Waals surface area (Å²) in [6, 6.07) is 0. The van der Waals surface area contributed by atoms with Gasteiger partial charge in [0.25, 0.3) is 0 Å². The first-order chi connectivity index (χ1) is 2.89. The van der Waals surface area contributed by atoms with Gasteiger partial charge in [-0.1, -0.05) is 11.6 Å². The minimum Gasteiger partial charge on any atom is -0.254 e. The van der Waals surface area contributed by atoms with Gasteiger partial charge in [-0.05, 0) is 11.9 Å². The fourth-order valence-electron chi connectivity index (χ4n) is 0.227. The topological polar surface area (TPSA) is 12.0 Å². The Labute approximate surface area is 45.9 Å². The molecule has 0 saturated heterocycles. The Balaban J connectivity index is 2.45. The van der Waals surface area contributed by atoms with E-state index in [1.165, 1.54) is 11.9 Å². The smallest absolute Gasteiger partial charge is 0.0548 e. The van der Waals surface area contributed by atoms with Crippen molar-refractivity contribution in [2.45, 2.75) is 0 Å². The van der Waals surface area contributed by atoms with E-state index in [0.717, 1.165) is 11.6 Å². The number of nitrogens with one attached hydrogen (secondary N) is 1. The Morgan fingerprint density at radius 2 is 2.83 bits per heavy atom. The first kappa shape index (κ1) is 4.50. The lowest BCUT2D eigenvalue weighted by Crippen LogP contribution is -1.95. The van der Waals surface area contributed by atoms with Crippen molar-refractivity contribution in [1.29, 1.82) is 0 Å². The minimum absolute atomic E-state index is 0.770. The summed E-state index contributed by atoms with van der Waals surface area (Å²) in [5.41, 5.74) is 0. The third-order valence-electron chi connectivity index (χ3n) is 0.461. The first-order valence-electron chi connectivity index (χ1n) is 1.55. The average molecular weight is 121 g/mol. The predicted octanol–water partition coefficient (Wildman–Crippen LogP) is 1.12. The monoisotopic (exact) mass is 120 g/mol. The molecule has 0 fully saturated rings. The summed E-state index contributed by atoms with van der Waals surface area (Å²) in [4.78, 5) is 0. The summed E-state index contributed by atoms with van der Waals surface area (Å²) in [6.45, 7) is 0.770. The van der Waals surface area contributed by atoms with E-state index < -0.39 is 0 Å². The van der Waals surface area contributed by atoms with Gasteiger partial charge in [0.05, 0.1) is 5.41 Å². The summed E-state index contributed by atoms with van der Waals surface area (Å²) in [6.07, 6.45) is 0. The standard InChI is InChI=1S/C3H3ClNS/c4-3-1-5-6-2-3/h5H,1H2. The lowest BCUT2D eigenvalue weighted by Gasteiger charge is -1.79. The fraction of sp³-hybridized carbons (Fsp3) is 0.333. The molecule has 1 rings (SSSR count). The van der Waals surface area contributed by atoms with Crippen LogP contribution >= 0.6 is 23.5 Å². The van der Waals surface area contributed by atoms with Crippen LogP contribution in [0.25, 0.3) is 0 Å². The molecule has 0 unspecified atom stereocenters. The highest BCUT2D eigenvalue weighted by atomic mass is 35.5. The largest absolute Gasteiger partial charge is 0.254 e. The molecule has 0 aromatic carbocycles. The van der Waals surface area contributed by atoms with E-state index in [4.69, 9.17) is 11.6 Å². The normalized spacial score (nSPS) is 21.2. The summed E-state index contributed by atoms with van der Waals surface area (Å²) in [5.74, 6) is 0. The SMILES string of the molecule is ClC1=[C]SNC1. The molecule has 1 N–H and O–H groups in total. The molecule has 33 valence electrons. The van der Waals surface area contributed by atoms with E-state index in [-0.39, 0.29) is 0 Å². The van der Waals surface area contributed by atoms with Gasteiger partial charge in [0.1, 0.15) is 0 Å². The van der Waals surface area contributed by atoms with E-state index in [1.54, 1.807) is 0 Å². The lowest BCUT2D eigenvalue weighted by atomic mass is 10.7. The quantitative estimate of drug-likeness (QED) is 0.481. The molecule has 0 atom stereocenters. The van der Waals surface area contributed by atoms with Gasteiger partial charge in [0.15, 0.2) is 0 Å². The zero-order valence-corrected chi connectivity index (χ0v) is 4.57. The van der Waals surface area contributed by atoms with Crippen LogP contribution < -0.4 is 4.72 Å². The number of rotatable bonds is 0. The Kier molecular flexibility index (Phi) is 1.40. The maximum absolute atomic E-state index is 5.43. The van der Waals surface area contributed by atoms with E-state index in [1.807, 2.05) is 0 Å². The van der Waals surface area contributed by atoms with Crippen molar-refractivity contribution in [3.8, 4) is 0 Å². The van der Waals surface area contributed by atoms with Crippen LogP contribution in [0.4, 0.5) is 0 Å². The second-order valence-electron chi connectivity index (χ2n) is 0.930. The van der Waals surface area contributed by atoms with E-state index in [9.17, 15) is 0 Å². The molecule has 1 nitrogen and oxygen atoms in total.